The molecule has 0 saturated carbocycles. The van der Waals surface area contributed by atoms with Crippen LogP contribution in [0.2, 0.25) is 0 Å². The van der Waals surface area contributed by atoms with Crippen molar-refractivity contribution in [3.63, 3.8) is 0 Å². The lowest BCUT2D eigenvalue weighted by Gasteiger charge is -2.14. The largest absolute Gasteiger partial charge is 0.373 e. The van der Waals surface area contributed by atoms with Crippen molar-refractivity contribution in [3.05, 3.63) is 58.1 Å². The van der Waals surface area contributed by atoms with Crippen molar-refractivity contribution in [2.45, 2.75) is 19.4 Å². The first-order valence-corrected chi connectivity index (χ1v) is 7.35. The fourth-order valence-corrected chi connectivity index (χ4v) is 2.78. The number of fused-ring (bicyclic) bond motifs is 1. The highest BCUT2D eigenvalue weighted by atomic mass is 79.9. The lowest BCUT2D eigenvalue weighted by molar-refractivity contribution is -0.116. The fourth-order valence-electron chi connectivity index (χ4n) is 2.42. The van der Waals surface area contributed by atoms with Gasteiger partial charge in [-0.1, -0.05) is 30.3 Å². The zero-order valence-corrected chi connectivity index (χ0v) is 12.7. The predicted molar refractivity (Wildman–Crippen MR) is 85.1 cm³/mol. The van der Waals surface area contributed by atoms with Gasteiger partial charge in [-0.05, 0) is 46.1 Å². The van der Waals surface area contributed by atoms with Gasteiger partial charge in [-0.3, -0.25) is 4.79 Å². The van der Waals surface area contributed by atoms with Crippen LogP contribution >= 0.6 is 15.9 Å². The van der Waals surface area contributed by atoms with Gasteiger partial charge in [-0.15, -0.1) is 0 Å². The predicted octanol–water partition coefficient (Wildman–Crippen LogP) is 3.73. The molecule has 2 aromatic rings. The van der Waals surface area contributed by atoms with Crippen LogP contribution in [0.25, 0.3) is 0 Å². The molecule has 1 heterocycles. The van der Waals surface area contributed by atoms with E-state index in [2.05, 4.69) is 32.6 Å². The Morgan fingerprint density at radius 3 is 2.85 bits per heavy atom. The second-order valence-electron chi connectivity index (χ2n) is 4.98. The van der Waals surface area contributed by atoms with Crippen molar-refractivity contribution in [1.29, 1.82) is 0 Å². The molecule has 1 amide bonds. The molecule has 3 rings (SSSR count). The Labute approximate surface area is 126 Å². The van der Waals surface area contributed by atoms with Crippen LogP contribution in [-0.4, -0.2) is 11.9 Å². The van der Waals surface area contributed by atoms with E-state index in [-0.39, 0.29) is 11.9 Å². The Morgan fingerprint density at radius 1 is 1.25 bits per heavy atom. The van der Waals surface area contributed by atoms with Gasteiger partial charge >= 0.3 is 0 Å². The molecule has 20 heavy (non-hydrogen) atoms. The number of rotatable bonds is 2. The molecule has 0 saturated heterocycles. The maximum atomic E-state index is 12.4. The number of benzene rings is 2. The number of anilines is 2. The normalized spacial score (nSPS) is 16.4. The summed E-state index contributed by atoms with van der Waals surface area (Å²) in [6, 6.07) is 13.7. The van der Waals surface area contributed by atoms with E-state index in [0.717, 1.165) is 27.8 Å². The number of carbonyl (C=O) groups excluding carboxylic acids is 1. The maximum Gasteiger partial charge on any atom is 0.247 e. The van der Waals surface area contributed by atoms with Gasteiger partial charge in [-0.25, -0.2) is 0 Å². The second-order valence-corrected chi connectivity index (χ2v) is 5.78. The van der Waals surface area contributed by atoms with Gasteiger partial charge in [0.05, 0.1) is 5.69 Å². The Morgan fingerprint density at radius 2 is 2.05 bits per heavy atom. The first-order chi connectivity index (χ1) is 9.65. The van der Waals surface area contributed by atoms with Crippen LogP contribution in [-0.2, 0) is 11.2 Å². The number of hydrogen-bond acceptors (Lipinski definition) is 2. The number of nitrogens with one attached hydrogen (secondary N) is 2. The number of hydrogen-bond donors (Lipinski definition) is 2. The van der Waals surface area contributed by atoms with E-state index in [4.69, 9.17) is 0 Å². The van der Waals surface area contributed by atoms with Gasteiger partial charge in [0.2, 0.25) is 5.91 Å². The summed E-state index contributed by atoms with van der Waals surface area (Å²) in [5, 5.41) is 6.24. The Kier molecular flexibility index (Phi) is 3.49. The highest BCUT2D eigenvalue weighted by molar-refractivity contribution is 9.10. The summed E-state index contributed by atoms with van der Waals surface area (Å²) in [7, 11) is 0. The molecule has 0 fully saturated rings. The van der Waals surface area contributed by atoms with Crippen LogP contribution in [0.3, 0.4) is 0 Å². The van der Waals surface area contributed by atoms with Crippen LogP contribution in [0, 0.1) is 6.92 Å². The van der Waals surface area contributed by atoms with Crippen LogP contribution in [0.15, 0.2) is 46.9 Å². The summed E-state index contributed by atoms with van der Waals surface area (Å²) in [6.45, 7) is 2.00. The van der Waals surface area contributed by atoms with E-state index in [1.54, 1.807) is 0 Å². The van der Waals surface area contributed by atoms with Gasteiger partial charge in [0, 0.05) is 16.6 Å². The first kappa shape index (κ1) is 13.2. The summed E-state index contributed by atoms with van der Waals surface area (Å²) in [4.78, 5) is 12.4. The van der Waals surface area contributed by atoms with E-state index in [1.165, 1.54) is 5.56 Å². The monoisotopic (exact) mass is 330 g/mol. The van der Waals surface area contributed by atoms with Crippen molar-refractivity contribution in [3.8, 4) is 0 Å². The third kappa shape index (κ3) is 2.43. The van der Waals surface area contributed by atoms with Crippen molar-refractivity contribution < 1.29 is 4.79 Å². The molecule has 0 spiro atoms. The smallest absolute Gasteiger partial charge is 0.247 e. The molecular formula is C16H15BrN2O. The third-order valence-electron chi connectivity index (χ3n) is 3.54. The number of para-hydroxylation sites is 1. The molecular weight excluding hydrogens is 316 g/mol. The van der Waals surface area contributed by atoms with E-state index in [0.29, 0.717) is 0 Å². The van der Waals surface area contributed by atoms with Crippen molar-refractivity contribution in [2.75, 3.05) is 10.6 Å². The van der Waals surface area contributed by atoms with Crippen LogP contribution in [0.5, 0.6) is 0 Å². The quantitative estimate of drug-likeness (QED) is 0.880. The van der Waals surface area contributed by atoms with Gasteiger partial charge in [-0.2, -0.15) is 0 Å². The van der Waals surface area contributed by atoms with Crippen molar-refractivity contribution in [2.24, 2.45) is 0 Å². The van der Waals surface area contributed by atoms with Crippen LogP contribution in [0.4, 0.5) is 11.4 Å². The Balaban J connectivity index is 1.74. The molecule has 4 heteroatoms. The topological polar surface area (TPSA) is 41.1 Å². The van der Waals surface area contributed by atoms with Crippen LogP contribution in [0.1, 0.15) is 11.1 Å². The molecule has 0 unspecified atom stereocenters. The average molecular weight is 331 g/mol. The highest BCUT2D eigenvalue weighted by Crippen LogP contribution is 2.28. The minimum atomic E-state index is -0.209. The lowest BCUT2D eigenvalue weighted by Crippen LogP contribution is -2.32. The minimum Gasteiger partial charge on any atom is -0.373 e. The standard InChI is InChI=1S/C16H15BrN2O/c1-10-5-4-8-13(15(10)17)19-16(20)14-9-11-6-2-3-7-12(11)18-14/h2-8,14,18H,9H2,1H3,(H,19,20)/t14-/m0/s1. The minimum absolute atomic E-state index is 0.00694. The van der Waals surface area contributed by atoms with E-state index >= 15 is 0 Å². The second kappa shape index (κ2) is 5.29. The molecule has 2 aromatic carbocycles. The van der Waals surface area contributed by atoms with Crippen molar-refractivity contribution >= 4 is 33.2 Å². The van der Waals surface area contributed by atoms with Gasteiger partial charge in [0.15, 0.2) is 0 Å². The molecule has 0 aliphatic carbocycles. The lowest BCUT2D eigenvalue weighted by atomic mass is 10.1. The number of amides is 1. The molecule has 0 bridgehead atoms. The number of aryl methyl sites for hydroxylation is 1. The van der Waals surface area contributed by atoms with Crippen molar-refractivity contribution in [1.82, 2.24) is 0 Å². The summed E-state index contributed by atoms with van der Waals surface area (Å²) in [6.07, 6.45) is 0.728. The maximum absolute atomic E-state index is 12.4. The first-order valence-electron chi connectivity index (χ1n) is 6.55. The zero-order valence-electron chi connectivity index (χ0n) is 11.1. The summed E-state index contributed by atoms with van der Waals surface area (Å²) >= 11 is 3.51. The fraction of sp³-hybridized carbons (Fsp3) is 0.188. The summed E-state index contributed by atoms with van der Waals surface area (Å²) < 4.78 is 0.934. The molecule has 1 aliphatic heterocycles. The molecule has 0 aromatic heterocycles. The number of halogens is 1. The summed E-state index contributed by atoms with van der Waals surface area (Å²) in [5.74, 6) is -0.00694. The average Bonchev–Trinajstić information content (AvgIpc) is 2.88. The Bertz CT molecular complexity index is 644. The molecule has 0 radical (unpaired) electrons. The van der Waals surface area contributed by atoms with Crippen LogP contribution < -0.4 is 10.6 Å². The molecule has 1 atom stereocenters. The van der Waals surface area contributed by atoms with Gasteiger partial charge < -0.3 is 10.6 Å². The zero-order chi connectivity index (χ0) is 14.1. The van der Waals surface area contributed by atoms with E-state index in [1.807, 2.05) is 43.3 Å². The van der Waals surface area contributed by atoms with E-state index < -0.39 is 0 Å². The Hall–Kier alpha value is -1.81. The van der Waals surface area contributed by atoms with Gasteiger partial charge in [0.25, 0.3) is 0 Å². The SMILES string of the molecule is Cc1cccc(NC(=O)[C@@H]2Cc3ccccc3N2)c1Br. The summed E-state index contributed by atoms with van der Waals surface area (Å²) in [5.41, 5.74) is 4.16. The third-order valence-corrected chi connectivity index (χ3v) is 4.59. The molecule has 102 valence electrons. The molecule has 3 nitrogen and oxygen atoms in total. The highest BCUT2D eigenvalue weighted by Gasteiger charge is 2.26. The van der Waals surface area contributed by atoms with Gasteiger partial charge in [0.1, 0.15) is 6.04 Å². The molecule has 2 N–H and O–H groups in total. The number of carbonyl (C=O) groups is 1. The van der Waals surface area contributed by atoms with E-state index in [9.17, 15) is 4.79 Å². The molecule has 1 aliphatic rings.